The summed E-state index contributed by atoms with van der Waals surface area (Å²) in [5.74, 6) is 1.92. The molecule has 1 N–H and O–H groups in total. The van der Waals surface area contributed by atoms with Gasteiger partial charge in [0.2, 0.25) is 12.7 Å². The van der Waals surface area contributed by atoms with Crippen molar-refractivity contribution in [3.63, 3.8) is 0 Å². The number of amides is 1. The molecule has 6 heteroatoms. The summed E-state index contributed by atoms with van der Waals surface area (Å²) in [5, 5.41) is 7.39. The summed E-state index contributed by atoms with van der Waals surface area (Å²) in [6.07, 6.45) is 1.47. The second-order valence-electron chi connectivity index (χ2n) is 8.09. The first-order valence-corrected chi connectivity index (χ1v) is 10.6. The van der Waals surface area contributed by atoms with Gasteiger partial charge in [-0.15, -0.1) is 0 Å². The second-order valence-corrected chi connectivity index (χ2v) is 8.09. The van der Waals surface area contributed by atoms with Crippen LogP contribution in [-0.4, -0.2) is 17.9 Å². The topological polar surface area (TPSA) is 73.6 Å². The molecule has 2 aliphatic rings. The number of aromatic nitrogens is 1. The third-order valence-electron chi connectivity index (χ3n) is 6.10. The molecule has 0 atom stereocenters. The first kappa shape index (κ1) is 18.7. The number of carbonyl (C=O) groups is 1. The normalized spacial score (nSPS) is 15.4. The quantitative estimate of drug-likeness (QED) is 0.464. The van der Waals surface area contributed by atoms with E-state index in [9.17, 15) is 4.79 Å². The Morgan fingerprint density at radius 1 is 0.844 bits per heavy atom. The van der Waals surface area contributed by atoms with E-state index in [1.54, 1.807) is 0 Å². The lowest BCUT2D eigenvalue weighted by molar-refractivity contribution is -0.118. The van der Waals surface area contributed by atoms with Gasteiger partial charge in [-0.3, -0.25) is 4.79 Å². The fraction of sp³-hybridized carbons (Fsp3) is 0.154. The minimum Gasteiger partial charge on any atom is -0.454 e. The Balaban J connectivity index is 1.27. The Kier molecular flexibility index (Phi) is 4.24. The number of hydrogen-bond donors (Lipinski definition) is 1. The zero-order valence-electron chi connectivity index (χ0n) is 17.2. The Hall–Kier alpha value is -4.06. The van der Waals surface area contributed by atoms with E-state index in [1.165, 1.54) is 0 Å². The third-order valence-corrected chi connectivity index (χ3v) is 6.10. The lowest BCUT2D eigenvalue weighted by Crippen LogP contribution is -2.28. The second kappa shape index (κ2) is 7.27. The molecule has 0 spiro atoms. The maximum Gasteiger partial charge on any atom is 0.236 e. The smallest absolute Gasteiger partial charge is 0.236 e. The van der Waals surface area contributed by atoms with Crippen molar-refractivity contribution in [3.8, 4) is 33.9 Å². The van der Waals surface area contributed by atoms with Crippen LogP contribution in [0, 0.1) is 0 Å². The van der Waals surface area contributed by atoms with Crippen molar-refractivity contribution in [2.75, 3.05) is 12.1 Å². The fourth-order valence-electron chi connectivity index (χ4n) is 4.11. The zero-order chi connectivity index (χ0) is 21.5. The molecule has 1 aliphatic heterocycles. The summed E-state index contributed by atoms with van der Waals surface area (Å²) in [4.78, 5) is 13.4. The van der Waals surface area contributed by atoms with Gasteiger partial charge in [-0.1, -0.05) is 53.7 Å². The predicted molar refractivity (Wildman–Crippen MR) is 119 cm³/mol. The molecule has 0 saturated heterocycles. The first-order chi connectivity index (χ1) is 15.7. The molecule has 32 heavy (non-hydrogen) atoms. The number of nitrogens with zero attached hydrogens (tertiary/aromatic N) is 1. The van der Waals surface area contributed by atoms with Crippen LogP contribution in [0.1, 0.15) is 18.5 Å². The van der Waals surface area contributed by atoms with Crippen LogP contribution in [0.5, 0.6) is 11.5 Å². The van der Waals surface area contributed by atoms with Gasteiger partial charge in [0.05, 0.1) is 11.1 Å². The molecule has 1 saturated carbocycles. The summed E-state index contributed by atoms with van der Waals surface area (Å²) in [7, 11) is 0. The molecule has 0 unspecified atom stereocenters. The van der Waals surface area contributed by atoms with Crippen LogP contribution in [0.3, 0.4) is 0 Å². The lowest BCUT2D eigenvalue weighted by Gasteiger charge is -2.15. The van der Waals surface area contributed by atoms with Gasteiger partial charge in [0.15, 0.2) is 17.3 Å². The van der Waals surface area contributed by atoms with Gasteiger partial charge in [0.1, 0.15) is 0 Å². The highest BCUT2D eigenvalue weighted by molar-refractivity contribution is 6.03. The van der Waals surface area contributed by atoms with Crippen LogP contribution in [0.4, 0.5) is 5.69 Å². The van der Waals surface area contributed by atoms with Gasteiger partial charge in [0.25, 0.3) is 0 Å². The van der Waals surface area contributed by atoms with Gasteiger partial charge >= 0.3 is 0 Å². The summed E-state index contributed by atoms with van der Waals surface area (Å²) in [5.41, 5.74) is 3.65. The van der Waals surface area contributed by atoms with Crippen molar-refractivity contribution in [1.29, 1.82) is 0 Å². The van der Waals surface area contributed by atoms with Gasteiger partial charge in [-0.05, 0) is 42.7 Å². The molecule has 158 valence electrons. The number of anilines is 1. The Morgan fingerprint density at radius 2 is 1.62 bits per heavy atom. The number of nitrogens with one attached hydrogen (secondary N) is 1. The summed E-state index contributed by atoms with van der Waals surface area (Å²) in [6, 6.07) is 25.3. The van der Waals surface area contributed by atoms with Crippen LogP contribution >= 0.6 is 0 Å². The van der Waals surface area contributed by atoms with Crippen molar-refractivity contribution in [3.05, 3.63) is 84.6 Å². The zero-order valence-corrected chi connectivity index (χ0v) is 17.2. The number of para-hydroxylation sites is 1. The maximum atomic E-state index is 13.4. The van der Waals surface area contributed by atoms with Crippen LogP contribution < -0.4 is 14.8 Å². The van der Waals surface area contributed by atoms with Crippen molar-refractivity contribution >= 4 is 11.6 Å². The predicted octanol–water partition coefficient (Wildman–Crippen LogP) is 5.41. The monoisotopic (exact) mass is 424 g/mol. The number of benzene rings is 3. The van der Waals surface area contributed by atoms with Gasteiger partial charge < -0.3 is 19.3 Å². The molecule has 1 fully saturated rings. The molecule has 0 bridgehead atoms. The third kappa shape index (κ3) is 3.12. The summed E-state index contributed by atoms with van der Waals surface area (Å²) in [6.45, 7) is 0.216. The Bertz CT molecular complexity index is 1310. The SMILES string of the molecule is O=C(Nc1ccccc1-c1ccccc1)C1(c2cc(-c3ccc4c(c3)OCO4)on2)CC1. The van der Waals surface area contributed by atoms with E-state index in [2.05, 4.69) is 10.5 Å². The number of carbonyl (C=O) groups excluding carboxylic acids is 1. The minimum atomic E-state index is -0.665. The standard InChI is InChI=1S/C26H20N2O4/c29-25(27-20-9-5-4-8-19(20)17-6-2-1-3-7-17)26(12-13-26)24-15-22(32-28-24)18-10-11-21-23(14-18)31-16-30-21/h1-11,14-15H,12-13,16H2,(H,27,29). The molecule has 6 rings (SSSR count). The minimum absolute atomic E-state index is 0.0635. The fourth-order valence-corrected chi connectivity index (χ4v) is 4.11. The average Bonchev–Trinajstić information content (AvgIpc) is 3.27. The molecule has 3 aromatic carbocycles. The molecule has 0 radical (unpaired) electrons. The van der Waals surface area contributed by atoms with Crippen LogP contribution in [-0.2, 0) is 10.2 Å². The van der Waals surface area contributed by atoms with E-state index >= 15 is 0 Å². The van der Waals surface area contributed by atoms with Crippen LogP contribution in [0.15, 0.2) is 83.4 Å². The molecular weight excluding hydrogens is 404 g/mol. The number of fused-ring (bicyclic) bond motifs is 1. The Morgan fingerprint density at radius 3 is 2.47 bits per heavy atom. The highest BCUT2D eigenvalue weighted by atomic mass is 16.7. The molecular formula is C26H20N2O4. The number of ether oxygens (including phenoxy) is 2. The van der Waals surface area contributed by atoms with Crippen molar-refractivity contribution < 1.29 is 18.8 Å². The van der Waals surface area contributed by atoms with Gasteiger partial charge in [0, 0.05) is 22.9 Å². The first-order valence-electron chi connectivity index (χ1n) is 10.6. The number of hydrogen-bond acceptors (Lipinski definition) is 5. The van der Waals surface area contributed by atoms with E-state index in [0.29, 0.717) is 23.0 Å². The van der Waals surface area contributed by atoms with Crippen LogP contribution in [0.2, 0.25) is 0 Å². The van der Waals surface area contributed by atoms with E-state index in [0.717, 1.165) is 35.2 Å². The lowest BCUT2D eigenvalue weighted by atomic mass is 9.98. The molecule has 6 nitrogen and oxygen atoms in total. The van der Waals surface area contributed by atoms with Crippen molar-refractivity contribution in [2.45, 2.75) is 18.3 Å². The van der Waals surface area contributed by atoms with E-state index in [-0.39, 0.29) is 12.7 Å². The molecule has 1 amide bonds. The molecule has 4 aromatic rings. The van der Waals surface area contributed by atoms with E-state index < -0.39 is 5.41 Å². The average molecular weight is 424 g/mol. The molecule has 2 heterocycles. The van der Waals surface area contributed by atoms with E-state index in [1.807, 2.05) is 78.9 Å². The highest BCUT2D eigenvalue weighted by Crippen LogP contribution is 2.49. The highest BCUT2D eigenvalue weighted by Gasteiger charge is 2.54. The van der Waals surface area contributed by atoms with Crippen LogP contribution in [0.25, 0.3) is 22.5 Å². The molecule has 1 aromatic heterocycles. The van der Waals surface area contributed by atoms with Crippen molar-refractivity contribution in [1.82, 2.24) is 5.16 Å². The largest absolute Gasteiger partial charge is 0.454 e. The van der Waals surface area contributed by atoms with Gasteiger partial charge in [-0.2, -0.15) is 0 Å². The number of rotatable bonds is 5. The molecule has 1 aliphatic carbocycles. The Labute approximate surface area is 184 Å². The summed E-state index contributed by atoms with van der Waals surface area (Å²) >= 11 is 0. The maximum absolute atomic E-state index is 13.4. The van der Waals surface area contributed by atoms with Gasteiger partial charge in [-0.25, -0.2) is 0 Å². The van der Waals surface area contributed by atoms with E-state index in [4.69, 9.17) is 14.0 Å². The van der Waals surface area contributed by atoms with Crippen molar-refractivity contribution in [2.24, 2.45) is 0 Å². The summed E-state index contributed by atoms with van der Waals surface area (Å²) < 4.78 is 16.4.